The van der Waals surface area contributed by atoms with E-state index in [1.807, 2.05) is 21.9 Å². The fourth-order valence-corrected chi connectivity index (χ4v) is 4.44. The Morgan fingerprint density at radius 2 is 0.844 bits per heavy atom. The Hall–Kier alpha value is -3.16. The zero-order chi connectivity index (χ0) is 22.7. The maximum Gasteiger partial charge on any atom is 0.416 e. The number of nitrogens with zero attached hydrogens (tertiary/aromatic N) is 2. The highest BCUT2D eigenvalue weighted by molar-refractivity contribution is 5.58. The highest BCUT2D eigenvalue weighted by Gasteiger charge is 2.33. The Bertz CT molecular complexity index is 1060. The van der Waals surface area contributed by atoms with Crippen molar-refractivity contribution in [3.8, 4) is 0 Å². The summed E-state index contributed by atoms with van der Waals surface area (Å²) in [6.07, 6.45) is -8.78. The summed E-state index contributed by atoms with van der Waals surface area (Å²) < 4.78 is 78.3. The monoisotopic (exact) mass is 448 g/mol. The molecule has 0 fully saturated rings. The summed E-state index contributed by atoms with van der Waals surface area (Å²) in [5.74, 6) is 0. The average Bonchev–Trinajstić information content (AvgIpc) is 3.34. The summed E-state index contributed by atoms with van der Waals surface area (Å²) in [6.45, 7) is 1.97. The number of hydrogen-bond acceptors (Lipinski definition) is 2. The molecular weight excluding hydrogens is 430 g/mol. The van der Waals surface area contributed by atoms with E-state index in [1.54, 1.807) is 12.1 Å². The van der Waals surface area contributed by atoms with Crippen LogP contribution in [0, 0.1) is 0 Å². The van der Waals surface area contributed by atoms with Gasteiger partial charge in [-0.2, -0.15) is 26.3 Å². The van der Waals surface area contributed by atoms with E-state index < -0.39 is 23.5 Å². The van der Waals surface area contributed by atoms with Crippen LogP contribution in [0.25, 0.3) is 0 Å². The summed E-state index contributed by atoms with van der Waals surface area (Å²) >= 11 is 0. The maximum absolute atomic E-state index is 13.1. The van der Waals surface area contributed by atoms with E-state index in [9.17, 15) is 26.3 Å². The molecule has 2 aliphatic rings. The fourth-order valence-electron chi connectivity index (χ4n) is 4.44. The number of halogens is 6. The molecular formula is C24H18F6N2. The zero-order valence-electron chi connectivity index (χ0n) is 16.8. The van der Waals surface area contributed by atoms with Crippen molar-refractivity contribution < 1.29 is 26.3 Å². The van der Waals surface area contributed by atoms with Crippen molar-refractivity contribution in [2.45, 2.75) is 38.5 Å². The molecule has 32 heavy (non-hydrogen) atoms. The first-order chi connectivity index (χ1) is 15.1. The van der Waals surface area contributed by atoms with Gasteiger partial charge in [0.25, 0.3) is 0 Å². The average molecular weight is 448 g/mol. The van der Waals surface area contributed by atoms with Crippen LogP contribution in [0.2, 0.25) is 0 Å². The van der Waals surface area contributed by atoms with Crippen LogP contribution in [0.4, 0.5) is 37.7 Å². The van der Waals surface area contributed by atoms with E-state index in [1.165, 1.54) is 12.1 Å². The lowest BCUT2D eigenvalue weighted by Gasteiger charge is -2.20. The van der Waals surface area contributed by atoms with Gasteiger partial charge in [-0.15, -0.1) is 0 Å². The number of hydrogen-bond donors (Lipinski definition) is 0. The molecule has 0 bridgehead atoms. The SMILES string of the molecule is FC(F)(F)c1cccc(N2Cc3cc4c(cc3C2)CN(c2cccc(C(F)(F)F)c2)C4)c1. The Kier molecular flexibility index (Phi) is 4.65. The first kappa shape index (κ1) is 20.7. The molecule has 166 valence electrons. The molecule has 3 aromatic carbocycles. The molecule has 0 amide bonds. The van der Waals surface area contributed by atoms with Crippen molar-refractivity contribution in [2.24, 2.45) is 0 Å². The molecule has 8 heteroatoms. The molecule has 5 rings (SSSR count). The van der Waals surface area contributed by atoms with E-state index in [0.717, 1.165) is 46.5 Å². The molecule has 0 spiro atoms. The summed E-state index contributed by atoms with van der Waals surface area (Å²) in [7, 11) is 0. The van der Waals surface area contributed by atoms with Crippen LogP contribution in [0.1, 0.15) is 33.4 Å². The van der Waals surface area contributed by atoms with Gasteiger partial charge in [0.15, 0.2) is 0 Å². The lowest BCUT2D eigenvalue weighted by atomic mass is 10.0. The van der Waals surface area contributed by atoms with Gasteiger partial charge in [0.2, 0.25) is 0 Å². The normalized spacial score (nSPS) is 15.8. The Morgan fingerprint density at radius 1 is 0.500 bits per heavy atom. The topological polar surface area (TPSA) is 6.48 Å². The van der Waals surface area contributed by atoms with Crippen molar-refractivity contribution in [1.82, 2.24) is 0 Å². The Balaban J connectivity index is 1.36. The minimum absolute atomic E-state index is 0.494. The zero-order valence-corrected chi connectivity index (χ0v) is 16.8. The molecule has 0 aromatic heterocycles. The molecule has 0 atom stereocenters. The highest BCUT2D eigenvalue weighted by Crippen LogP contribution is 2.38. The van der Waals surface area contributed by atoms with Crippen molar-refractivity contribution in [3.05, 3.63) is 94.0 Å². The second-order valence-electron chi connectivity index (χ2n) is 8.20. The van der Waals surface area contributed by atoms with Gasteiger partial charge in [0.05, 0.1) is 11.1 Å². The van der Waals surface area contributed by atoms with Crippen LogP contribution in [0.15, 0.2) is 60.7 Å². The van der Waals surface area contributed by atoms with Crippen molar-refractivity contribution >= 4 is 11.4 Å². The largest absolute Gasteiger partial charge is 0.416 e. The number of rotatable bonds is 2. The fraction of sp³-hybridized carbons (Fsp3) is 0.250. The molecule has 2 nitrogen and oxygen atoms in total. The predicted molar refractivity (Wildman–Crippen MR) is 109 cm³/mol. The van der Waals surface area contributed by atoms with Crippen LogP contribution in [0.3, 0.4) is 0 Å². The second-order valence-corrected chi connectivity index (χ2v) is 8.20. The molecule has 0 radical (unpaired) electrons. The molecule has 0 saturated carbocycles. The van der Waals surface area contributed by atoms with Crippen LogP contribution in [-0.4, -0.2) is 0 Å². The number of fused-ring (bicyclic) bond motifs is 2. The van der Waals surface area contributed by atoms with Gasteiger partial charge in [0, 0.05) is 37.6 Å². The minimum atomic E-state index is -4.39. The molecule has 0 N–H and O–H groups in total. The van der Waals surface area contributed by atoms with Crippen molar-refractivity contribution in [2.75, 3.05) is 9.80 Å². The van der Waals surface area contributed by atoms with Crippen molar-refractivity contribution in [1.29, 1.82) is 0 Å². The Morgan fingerprint density at radius 3 is 1.16 bits per heavy atom. The molecule has 0 aliphatic carbocycles. The van der Waals surface area contributed by atoms with Gasteiger partial charge in [-0.3, -0.25) is 0 Å². The van der Waals surface area contributed by atoms with Crippen LogP contribution in [0.5, 0.6) is 0 Å². The number of anilines is 2. The Labute approximate surface area is 180 Å². The maximum atomic E-state index is 13.1. The molecule has 3 aromatic rings. The number of alkyl halides is 6. The third-order valence-corrected chi connectivity index (χ3v) is 6.04. The van der Waals surface area contributed by atoms with E-state index in [2.05, 4.69) is 0 Å². The summed E-state index contributed by atoms with van der Waals surface area (Å²) in [6, 6.07) is 14.7. The van der Waals surface area contributed by atoms with Crippen molar-refractivity contribution in [3.63, 3.8) is 0 Å². The number of benzene rings is 3. The third-order valence-electron chi connectivity index (χ3n) is 6.04. The van der Waals surface area contributed by atoms with Gasteiger partial charge in [-0.05, 0) is 58.7 Å². The van der Waals surface area contributed by atoms with Gasteiger partial charge < -0.3 is 9.80 Å². The predicted octanol–water partition coefficient (Wildman–Crippen LogP) is 6.76. The van der Waals surface area contributed by atoms with Gasteiger partial charge >= 0.3 is 12.4 Å². The van der Waals surface area contributed by atoms with E-state index in [4.69, 9.17) is 0 Å². The van der Waals surface area contributed by atoms with Crippen LogP contribution in [-0.2, 0) is 38.5 Å². The summed E-state index contributed by atoms with van der Waals surface area (Å²) in [4.78, 5) is 3.80. The first-order valence-corrected chi connectivity index (χ1v) is 10.1. The molecule has 0 unspecified atom stereocenters. The van der Waals surface area contributed by atoms with Gasteiger partial charge in [-0.25, -0.2) is 0 Å². The van der Waals surface area contributed by atoms with E-state index >= 15 is 0 Å². The second kappa shape index (κ2) is 7.18. The van der Waals surface area contributed by atoms with E-state index in [0.29, 0.717) is 37.6 Å². The lowest BCUT2D eigenvalue weighted by Crippen LogP contribution is -2.16. The van der Waals surface area contributed by atoms with Crippen LogP contribution < -0.4 is 9.80 Å². The molecule has 2 aliphatic heterocycles. The lowest BCUT2D eigenvalue weighted by molar-refractivity contribution is -0.138. The standard InChI is InChI=1S/C24H18F6N2/c25-23(26,27)19-3-1-5-21(9-19)31-11-15-7-17-13-32(14-18(17)8-16(15)12-31)22-6-2-4-20(10-22)24(28,29)30/h1-10H,11-14H2. The highest BCUT2D eigenvalue weighted by atomic mass is 19.4. The summed E-state index contributed by atoms with van der Waals surface area (Å²) in [5, 5.41) is 0. The third kappa shape index (κ3) is 3.78. The smallest absolute Gasteiger partial charge is 0.363 e. The minimum Gasteiger partial charge on any atom is -0.363 e. The molecule has 0 saturated heterocycles. The van der Waals surface area contributed by atoms with Gasteiger partial charge in [-0.1, -0.05) is 24.3 Å². The molecule has 2 heterocycles. The van der Waals surface area contributed by atoms with Crippen LogP contribution >= 0.6 is 0 Å². The summed E-state index contributed by atoms with van der Waals surface area (Å²) in [5.41, 5.74) is 3.82. The van der Waals surface area contributed by atoms with E-state index in [-0.39, 0.29) is 0 Å². The quantitative estimate of drug-likeness (QED) is 0.400. The van der Waals surface area contributed by atoms with Gasteiger partial charge in [0.1, 0.15) is 0 Å². The first-order valence-electron chi connectivity index (χ1n) is 10.1.